The number of carbonyl (C=O) groups is 3. The number of hydrogen-bond acceptors (Lipinski definition) is 3. The van der Waals surface area contributed by atoms with E-state index in [1.165, 1.54) is 4.90 Å². The summed E-state index contributed by atoms with van der Waals surface area (Å²) in [5.41, 5.74) is 0.858. The van der Waals surface area contributed by atoms with Gasteiger partial charge in [-0.15, -0.1) is 0 Å². The SMILES string of the molecule is CC(C)[C@@H]1[NH2+][C@@]2(C(=O)Nc3ccccc32)[C@@H]2C(=O)N(c3ccc(Cl)cc3)C(=O)[C@@H]21. The van der Waals surface area contributed by atoms with Crippen LogP contribution in [-0.4, -0.2) is 23.8 Å². The van der Waals surface area contributed by atoms with Crippen LogP contribution in [0.5, 0.6) is 0 Å². The lowest BCUT2D eigenvalue weighted by Crippen LogP contribution is -2.99. The molecule has 2 aromatic rings. The van der Waals surface area contributed by atoms with Gasteiger partial charge in [-0.1, -0.05) is 43.6 Å². The third-order valence-electron chi connectivity index (χ3n) is 6.56. The summed E-state index contributed by atoms with van der Waals surface area (Å²) >= 11 is 5.98. The number of imide groups is 1. The van der Waals surface area contributed by atoms with Gasteiger partial charge in [-0.2, -0.15) is 0 Å². The van der Waals surface area contributed by atoms with Crippen molar-refractivity contribution in [3.63, 3.8) is 0 Å². The summed E-state index contributed by atoms with van der Waals surface area (Å²) in [6, 6.07) is 13.9. The summed E-state index contributed by atoms with van der Waals surface area (Å²) < 4.78 is 0. The van der Waals surface area contributed by atoms with Gasteiger partial charge in [0.05, 0.1) is 11.4 Å². The molecule has 0 bridgehead atoms. The number of para-hydroxylation sites is 1. The smallest absolute Gasteiger partial charge is 0.291 e. The standard InChI is InChI=1S/C22H20ClN3O3/c1-11(2)18-16-17(20(28)26(19(16)27)13-9-7-12(23)8-10-13)22(25-18)14-5-3-4-6-15(14)24-21(22)29/h3-11,16-18,25H,1-2H3,(H,24,29)/p+1/t16-,17-,18-,22+/m0/s1. The van der Waals surface area contributed by atoms with Crippen LogP contribution in [0, 0.1) is 17.8 Å². The van der Waals surface area contributed by atoms with E-state index >= 15 is 0 Å². The summed E-state index contributed by atoms with van der Waals surface area (Å²) in [5.74, 6) is -1.99. The van der Waals surface area contributed by atoms with Crippen molar-refractivity contribution in [3.8, 4) is 0 Å². The first-order valence-corrected chi connectivity index (χ1v) is 10.1. The van der Waals surface area contributed by atoms with E-state index in [2.05, 4.69) is 5.32 Å². The molecule has 6 nitrogen and oxygen atoms in total. The molecular weight excluding hydrogens is 390 g/mol. The van der Waals surface area contributed by atoms with Gasteiger partial charge in [0.15, 0.2) is 0 Å². The molecule has 29 heavy (non-hydrogen) atoms. The number of benzene rings is 2. The van der Waals surface area contributed by atoms with Crippen LogP contribution in [0.15, 0.2) is 48.5 Å². The van der Waals surface area contributed by atoms with E-state index in [1.807, 2.05) is 43.4 Å². The van der Waals surface area contributed by atoms with Gasteiger partial charge in [0.1, 0.15) is 17.9 Å². The molecule has 0 aliphatic carbocycles. The van der Waals surface area contributed by atoms with Gasteiger partial charge in [-0.3, -0.25) is 14.4 Å². The Morgan fingerprint density at radius 1 is 1.03 bits per heavy atom. The van der Waals surface area contributed by atoms with Crippen molar-refractivity contribution < 1.29 is 19.7 Å². The number of quaternary nitrogens is 1. The summed E-state index contributed by atoms with van der Waals surface area (Å²) in [7, 11) is 0. The Labute approximate surface area is 173 Å². The fourth-order valence-electron chi connectivity index (χ4n) is 5.30. The maximum Gasteiger partial charge on any atom is 0.291 e. The minimum absolute atomic E-state index is 0.115. The van der Waals surface area contributed by atoms with Gasteiger partial charge >= 0.3 is 0 Å². The zero-order chi connectivity index (χ0) is 20.5. The van der Waals surface area contributed by atoms with E-state index in [4.69, 9.17) is 11.6 Å². The molecule has 0 aromatic heterocycles. The molecule has 0 unspecified atom stereocenters. The van der Waals surface area contributed by atoms with E-state index in [0.29, 0.717) is 16.4 Å². The van der Waals surface area contributed by atoms with Crippen molar-refractivity contribution in [1.29, 1.82) is 0 Å². The zero-order valence-corrected chi connectivity index (χ0v) is 16.8. The van der Waals surface area contributed by atoms with Gasteiger partial charge in [-0.05, 0) is 30.3 Å². The van der Waals surface area contributed by atoms with E-state index in [9.17, 15) is 14.4 Å². The number of nitrogens with one attached hydrogen (secondary N) is 1. The molecule has 3 aliphatic rings. The second-order valence-corrected chi connectivity index (χ2v) is 8.78. The molecule has 3 heterocycles. The van der Waals surface area contributed by atoms with Crippen molar-refractivity contribution in [2.75, 3.05) is 10.2 Å². The molecule has 0 radical (unpaired) electrons. The Kier molecular flexibility index (Phi) is 3.89. The molecule has 148 valence electrons. The highest BCUT2D eigenvalue weighted by Crippen LogP contribution is 2.50. The van der Waals surface area contributed by atoms with Crippen molar-refractivity contribution in [2.45, 2.75) is 25.4 Å². The molecule has 4 atom stereocenters. The molecular formula is C22H21ClN3O3+. The summed E-state index contributed by atoms with van der Waals surface area (Å²) in [4.78, 5) is 41.6. The summed E-state index contributed by atoms with van der Waals surface area (Å²) in [6.45, 7) is 4.05. The number of hydrogen-bond donors (Lipinski definition) is 2. The number of carbonyl (C=O) groups excluding carboxylic acids is 3. The van der Waals surface area contributed by atoms with Crippen LogP contribution in [0.4, 0.5) is 11.4 Å². The van der Waals surface area contributed by atoms with Gasteiger partial charge in [0, 0.05) is 16.5 Å². The molecule has 3 N–H and O–H groups in total. The molecule has 7 heteroatoms. The highest BCUT2D eigenvalue weighted by molar-refractivity contribution is 6.31. The lowest BCUT2D eigenvalue weighted by atomic mass is 9.76. The number of amides is 3. The minimum Gasteiger partial charge on any atom is -0.326 e. The third-order valence-corrected chi connectivity index (χ3v) is 6.81. The van der Waals surface area contributed by atoms with E-state index in [-0.39, 0.29) is 29.7 Å². The van der Waals surface area contributed by atoms with Crippen LogP contribution in [0.3, 0.4) is 0 Å². The van der Waals surface area contributed by atoms with Gasteiger partial charge in [0.2, 0.25) is 17.4 Å². The predicted octanol–water partition coefficient (Wildman–Crippen LogP) is 1.89. The first-order valence-electron chi connectivity index (χ1n) is 9.76. The van der Waals surface area contributed by atoms with E-state index in [0.717, 1.165) is 5.56 Å². The van der Waals surface area contributed by atoms with Gasteiger partial charge in [0.25, 0.3) is 5.91 Å². The number of anilines is 2. The van der Waals surface area contributed by atoms with E-state index < -0.39 is 17.4 Å². The first kappa shape index (κ1) is 18.3. The Bertz CT molecular complexity index is 1050. The lowest BCUT2D eigenvalue weighted by molar-refractivity contribution is -0.738. The highest BCUT2D eigenvalue weighted by Gasteiger charge is 2.74. The quantitative estimate of drug-likeness (QED) is 0.742. The van der Waals surface area contributed by atoms with Crippen LogP contribution < -0.4 is 15.5 Å². The van der Waals surface area contributed by atoms with Crippen molar-refractivity contribution >= 4 is 40.7 Å². The molecule has 2 saturated heterocycles. The average Bonchev–Trinajstić information content (AvgIpc) is 3.28. The first-order chi connectivity index (χ1) is 13.9. The number of halogens is 1. The zero-order valence-electron chi connectivity index (χ0n) is 16.1. The largest absolute Gasteiger partial charge is 0.326 e. The van der Waals surface area contributed by atoms with Crippen LogP contribution in [0.1, 0.15) is 19.4 Å². The monoisotopic (exact) mass is 410 g/mol. The predicted molar refractivity (Wildman–Crippen MR) is 108 cm³/mol. The minimum atomic E-state index is -1.12. The number of nitrogens with zero attached hydrogens (tertiary/aromatic N) is 1. The molecule has 2 fully saturated rings. The number of rotatable bonds is 2. The Balaban J connectivity index is 1.68. The van der Waals surface area contributed by atoms with Crippen molar-refractivity contribution in [2.24, 2.45) is 17.8 Å². The molecule has 2 aromatic carbocycles. The second-order valence-electron chi connectivity index (χ2n) is 8.35. The molecule has 5 rings (SSSR count). The van der Waals surface area contributed by atoms with Crippen LogP contribution >= 0.6 is 11.6 Å². The van der Waals surface area contributed by atoms with Crippen molar-refractivity contribution in [1.82, 2.24) is 0 Å². The Morgan fingerprint density at radius 2 is 1.72 bits per heavy atom. The topological polar surface area (TPSA) is 83.1 Å². The second kappa shape index (κ2) is 6.15. The van der Waals surface area contributed by atoms with Gasteiger partial charge < -0.3 is 10.6 Å². The Hall–Kier alpha value is -2.70. The lowest BCUT2D eigenvalue weighted by Gasteiger charge is -2.27. The maximum absolute atomic E-state index is 13.6. The maximum atomic E-state index is 13.6. The van der Waals surface area contributed by atoms with Gasteiger partial charge in [-0.25, -0.2) is 4.90 Å². The van der Waals surface area contributed by atoms with Crippen LogP contribution in [0.2, 0.25) is 5.02 Å². The average molecular weight is 411 g/mol. The third kappa shape index (κ3) is 2.30. The fraction of sp³-hybridized carbons (Fsp3) is 0.318. The Morgan fingerprint density at radius 3 is 2.41 bits per heavy atom. The fourth-order valence-corrected chi connectivity index (χ4v) is 5.42. The molecule has 3 amide bonds. The van der Waals surface area contributed by atoms with Crippen molar-refractivity contribution in [3.05, 3.63) is 59.1 Å². The molecule has 1 spiro atoms. The summed E-state index contributed by atoms with van der Waals surface area (Å²) in [6.07, 6.45) is 0. The van der Waals surface area contributed by atoms with Crippen LogP contribution in [0.25, 0.3) is 0 Å². The summed E-state index contributed by atoms with van der Waals surface area (Å²) in [5, 5.41) is 5.42. The molecule has 0 saturated carbocycles. The number of nitrogens with two attached hydrogens (primary N) is 1. The van der Waals surface area contributed by atoms with E-state index in [1.54, 1.807) is 24.3 Å². The highest BCUT2D eigenvalue weighted by atomic mass is 35.5. The normalized spacial score (nSPS) is 30.3. The molecule has 3 aliphatic heterocycles. The number of fused-ring (bicyclic) bond motifs is 4. The van der Waals surface area contributed by atoms with Crippen LogP contribution in [-0.2, 0) is 19.9 Å².